The van der Waals surface area contributed by atoms with Crippen molar-refractivity contribution in [2.24, 2.45) is 0 Å². The highest BCUT2D eigenvalue weighted by molar-refractivity contribution is 6.04. The van der Waals surface area contributed by atoms with Crippen LogP contribution in [0.4, 0.5) is 14.5 Å². The molecule has 0 aliphatic heterocycles. The second kappa shape index (κ2) is 5.73. The van der Waals surface area contributed by atoms with Gasteiger partial charge in [0.1, 0.15) is 17.2 Å². The van der Waals surface area contributed by atoms with Crippen LogP contribution in [0, 0.1) is 16.5 Å². The Kier molecular flexibility index (Phi) is 3.72. The zero-order valence-electron chi connectivity index (χ0n) is 12.2. The lowest BCUT2D eigenvalue weighted by molar-refractivity contribution is -0.736. The fourth-order valence-corrected chi connectivity index (χ4v) is 2.38. The third-order valence-electron chi connectivity index (χ3n) is 3.50. The standard InChI is InChI=1S/C16H9F2NO5/c1-23-19(22)11-6-12-13(14(18)15(11)21)10(7-20)16(24-12)8-2-4-9(17)5-3-8/h2-7H,1H3/p+1. The van der Waals surface area contributed by atoms with E-state index in [1.54, 1.807) is 0 Å². The molecule has 3 rings (SSSR count). The zero-order chi connectivity index (χ0) is 17.4. The number of nitrogens with zero attached hydrogens (tertiary/aromatic N) is 1. The molecule has 122 valence electrons. The minimum Gasteiger partial charge on any atom is -0.500 e. The van der Waals surface area contributed by atoms with Gasteiger partial charge in [-0.05, 0) is 24.3 Å². The average molecular weight is 334 g/mol. The summed E-state index contributed by atoms with van der Waals surface area (Å²) in [7, 11) is 1.04. The van der Waals surface area contributed by atoms with E-state index >= 15 is 0 Å². The van der Waals surface area contributed by atoms with Crippen molar-refractivity contribution in [3.63, 3.8) is 0 Å². The summed E-state index contributed by atoms with van der Waals surface area (Å²) in [4.78, 5) is 27.2. The number of halogens is 2. The van der Waals surface area contributed by atoms with Crippen LogP contribution in [0.15, 0.2) is 34.7 Å². The van der Waals surface area contributed by atoms with Gasteiger partial charge in [0.05, 0.1) is 21.9 Å². The molecule has 2 aromatic carbocycles. The van der Waals surface area contributed by atoms with E-state index < -0.39 is 23.1 Å². The number of aromatic hydroxyl groups is 1. The largest absolute Gasteiger partial charge is 0.500 e. The average Bonchev–Trinajstić information content (AvgIpc) is 2.96. The van der Waals surface area contributed by atoms with E-state index in [-0.39, 0.29) is 27.2 Å². The van der Waals surface area contributed by atoms with E-state index in [1.807, 2.05) is 0 Å². The van der Waals surface area contributed by atoms with Crippen molar-refractivity contribution >= 4 is 22.9 Å². The van der Waals surface area contributed by atoms with Crippen molar-refractivity contribution < 1.29 is 32.9 Å². The monoisotopic (exact) mass is 334 g/mol. The first-order chi connectivity index (χ1) is 11.5. The molecule has 1 heterocycles. The molecule has 8 heteroatoms. The molecule has 0 unspecified atom stereocenters. The lowest BCUT2D eigenvalue weighted by Crippen LogP contribution is -1.99. The Hall–Kier alpha value is -3.29. The molecule has 0 aliphatic carbocycles. The molecular weight excluding hydrogens is 324 g/mol. The highest BCUT2D eigenvalue weighted by atomic mass is 19.1. The van der Waals surface area contributed by atoms with E-state index in [9.17, 15) is 23.6 Å². The van der Waals surface area contributed by atoms with Crippen molar-refractivity contribution in [2.75, 3.05) is 7.11 Å². The second-order valence-electron chi connectivity index (χ2n) is 4.84. The quantitative estimate of drug-likeness (QED) is 0.579. The summed E-state index contributed by atoms with van der Waals surface area (Å²) in [5.74, 6) is -2.67. The molecule has 0 fully saturated rings. The summed E-state index contributed by atoms with van der Waals surface area (Å²) >= 11 is 0. The topological polar surface area (TPSA) is 79.8 Å². The highest BCUT2D eigenvalue weighted by Gasteiger charge is 2.31. The molecular formula is C16H10F2NO5+. The van der Waals surface area contributed by atoms with Gasteiger partial charge in [-0.1, -0.05) is 0 Å². The van der Waals surface area contributed by atoms with Crippen LogP contribution in [0.1, 0.15) is 10.4 Å². The fourth-order valence-electron chi connectivity index (χ4n) is 2.38. The number of rotatable bonds is 4. The van der Waals surface area contributed by atoms with Crippen LogP contribution >= 0.6 is 0 Å². The number of phenols is 1. The number of fused-ring (bicyclic) bond motifs is 1. The highest BCUT2D eigenvalue weighted by Crippen LogP contribution is 2.41. The molecule has 0 spiro atoms. The predicted octanol–water partition coefficient (Wildman–Crippen LogP) is 3.87. The Morgan fingerprint density at radius 2 is 1.92 bits per heavy atom. The molecule has 3 aromatic rings. The van der Waals surface area contributed by atoms with Crippen molar-refractivity contribution in [1.82, 2.24) is 0 Å². The summed E-state index contributed by atoms with van der Waals surface area (Å²) < 4.78 is 32.9. The normalized spacial score (nSPS) is 10.8. The van der Waals surface area contributed by atoms with Crippen LogP contribution in [0.2, 0.25) is 0 Å². The van der Waals surface area contributed by atoms with Crippen LogP contribution in [-0.4, -0.2) is 23.4 Å². The molecule has 0 atom stereocenters. The zero-order valence-corrected chi connectivity index (χ0v) is 12.2. The lowest BCUT2D eigenvalue weighted by atomic mass is 10.1. The van der Waals surface area contributed by atoms with E-state index in [0.717, 1.165) is 25.3 Å². The van der Waals surface area contributed by atoms with Gasteiger partial charge in [0.15, 0.2) is 19.2 Å². The first-order valence-electron chi connectivity index (χ1n) is 6.68. The molecule has 24 heavy (non-hydrogen) atoms. The van der Waals surface area contributed by atoms with Gasteiger partial charge in [-0.15, -0.1) is 0 Å². The Bertz CT molecular complexity index is 963. The Labute approximate surface area is 133 Å². The van der Waals surface area contributed by atoms with Crippen molar-refractivity contribution in [1.29, 1.82) is 0 Å². The van der Waals surface area contributed by atoms with Crippen LogP contribution in [0.25, 0.3) is 22.3 Å². The predicted molar refractivity (Wildman–Crippen MR) is 78.9 cm³/mol. The molecule has 6 nitrogen and oxygen atoms in total. The Balaban J connectivity index is 2.33. The van der Waals surface area contributed by atoms with Gasteiger partial charge in [0.25, 0.3) is 4.92 Å². The first kappa shape index (κ1) is 15.6. The molecule has 0 amide bonds. The first-order valence-corrected chi connectivity index (χ1v) is 6.68. The maximum atomic E-state index is 14.4. The molecule has 0 aliphatic rings. The number of carbonyl (C=O) groups excluding carboxylic acids is 1. The van der Waals surface area contributed by atoms with E-state index in [0.29, 0.717) is 11.8 Å². The van der Waals surface area contributed by atoms with Gasteiger partial charge in [0, 0.05) is 5.56 Å². The van der Waals surface area contributed by atoms with Crippen LogP contribution in [0.3, 0.4) is 0 Å². The maximum absolute atomic E-state index is 14.4. The number of aldehydes is 1. The Morgan fingerprint density at radius 3 is 2.50 bits per heavy atom. The fraction of sp³-hybridized carbons (Fsp3) is 0.0625. The van der Waals surface area contributed by atoms with Gasteiger partial charge in [-0.25, -0.2) is 13.6 Å². The second-order valence-corrected chi connectivity index (χ2v) is 4.84. The number of hydrogen-bond donors (Lipinski definition) is 1. The summed E-state index contributed by atoms with van der Waals surface area (Å²) in [5, 5.41) is 9.55. The van der Waals surface area contributed by atoms with E-state index in [1.165, 1.54) is 12.1 Å². The molecule has 0 radical (unpaired) electrons. The summed E-state index contributed by atoms with van der Waals surface area (Å²) in [6.07, 6.45) is 0.359. The van der Waals surface area contributed by atoms with Crippen LogP contribution in [0.5, 0.6) is 5.75 Å². The van der Waals surface area contributed by atoms with E-state index in [4.69, 9.17) is 4.42 Å². The van der Waals surface area contributed by atoms with Gasteiger partial charge in [0.2, 0.25) is 5.75 Å². The maximum Gasteiger partial charge on any atom is 0.364 e. The number of carbonyl (C=O) groups is 1. The molecule has 1 aromatic heterocycles. The Morgan fingerprint density at radius 1 is 1.25 bits per heavy atom. The SMILES string of the molecule is CO[N+](=O)c1cc2oc(-c3ccc(F)cc3)c(C=O)c2c(F)c1O. The molecule has 0 saturated carbocycles. The van der Waals surface area contributed by atoms with Gasteiger partial charge < -0.3 is 9.52 Å². The van der Waals surface area contributed by atoms with Crippen molar-refractivity contribution in [3.8, 4) is 17.1 Å². The van der Waals surface area contributed by atoms with Gasteiger partial charge in [-0.2, -0.15) is 0 Å². The van der Waals surface area contributed by atoms with Crippen LogP contribution in [-0.2, 0) is 4.84 Å². The van der Waals surface area contributed by atoms with Gasteiger partial charge in [-0.3, -0.25) is 4.79 Å². The minimum absolute atomic E-state index is 0.00897. The summed E-state index contributed by atoms with van der Waals surface area (Å²) in [5.41, 5.74) is -0.481. The number of benzene rings is 2. The number of phenolic OH excluding ortho intramolecular Hbond substituents is 1. The molecule has 0 saturated heterocycles. The third-order valence-corrected chi connectivity index (χ3v) is 3.50. The minimum atomic E-state index is -1.19. The number of hydrogen-bond acceptors (Lipinski definition) is 5. The van der Waals surface area contributed by atoms with Gasteiger partial charge >= 0.3 is 5.69 Å². The molecule has 1 N–H and O–H groups in total. The third kappa shape index (κ3) is 2.28. The summed E-state index contributed by atoms with van der Waals surface area (Å²) in [6.45, 7) is 0. The van der Waals surface area contributed by atoms with Crippen molar-refractivity contribution in [2.45, 2.75) is 0 Å². The lowest BCUT2D eigenvalue weighted by Gasteiger charge is -1.98. The summed E-state index contributed by atoms with van der Waals surface area (Å²) in [6, 6.07) is 6.06. The van der Waals surface area contributed by atoms with Crippen LogP contribution < -0.4 is 0 Å². The van der Waals surface area contributed by atoms with Crippen molar-refractivity contribution in [3.05, 3.63) is 52.4 Å². The molecule has 0 bridgehead atoms. The smallest absolute Gasteiger partial charge is 0.364 e. The number of furan rings is 1. The van der Waals surface area contributed by atoms with E-state index in [2.05, 4.69) is 4.84 Å².